The average Bonchev–Trinajstić information content (AvgIpc) is 2.59. The first-order valence-electron chi connectivity index (χ1n) is 9.24. The van der Waals surface area contributed by atoms with Crippen LogP contribution in [0.15, 0.2) is 0 Å². The number of carbonyl (C=O) groups is 1. The van der Waals surface area contributed by atoms with Crippen LogP contribution in [-0.4, -0.2) is 84.1 Å². The van der Waals surface area contributed by atoms with Crippen molar-refractivity contribution in [2.45, 2.75) is 39.5 Å². The molecule has 156 valence electrons. The van der Waals surface area contributed by atoms with Crippen LogP contribution in [0.2, 0.25) is 0 Å². The van der Waals surface area contributed by atoms with Gasteiger partial charge < -0.3 is 29.6 Å². The normalized spacial score (nSPS) is 13.2. The minimum atomic E-state index is -1.29. The summed E-state index contributed by atoms with van der Waals surface area (Å²) >= 11 is 0. The molecule has 0 fully saturated rings. The van der Waals surface area contributed by atoms with Crippen LogP contribution in [-0.2, 0) is 23.7 Å². The van der Waals surface area contributed by atoms with E-state index in [2.05, 4.69) is 10.6 Å². The van der Waals surface area contributed by atoms with E-state index in [9.17, 15) is 9.18 Å². The second-order valence-electron chi connectivity index (χ2n) is 6.76. The molecule has 0 saturated heterocycles. The van der Waals surface area contributed by atoms with Crippen molar-refractivity contribution < 1.29 is 28.1 Å². The number of hydrogen-bond acceptors (Lipinski definition) is 6. The Morgan fingerprint density at radius 3 is 1.96 bits per heavy atom. The van der Waals surface area contributed by atoms with Crippen LogP contribution in [0.1, 0.15) is 27.7 Å². The lowest BCUT2D eigenvalue weighted by molar-refractivity contribution is -0.125. The van der Waals surface area contributed by atoms with Gasteiger partial charge in [0.2, 0.25) is 5.91 Å². The van der Waals surface area contributed by atoms with Gasteiger partial charge in [0, 0.05) is 12.5 Å². The van der Waals surface area contributed by atoms with Gasteiger partial charge in [0.25, 0.3) is 0 Å². The van der Waals surface area contributed by atoms with Gasteiger partial charge in [-0.1, -0.05) is 13.8 Å². The van der Waals surface area contributed by atoms with Gasteiger partial charge in [-0.05, 0) is 20.9 Å². The molecule has 0 saturated carbocycles. The fourth-order valence-electron chi connectivity index (χ4n) is 1.81. The van der Waals surface area contributed by atoms with Crippen molar-refractivity contribution >= 4 is 5.91 Å². The third-order valence-corrected chi connectivity index (χ3v) is 3.68. The van der Waals surface area contributed by atoms with E-state index >= 15 is 0 Å². The highest BCUT2D eigenvalue weighted by Gasteiger charge is 2.30. The van der Waals surface area contributed by atoms with Gasteiger partial charge in [-0.3, -0.25) is 4.79 Å². The van der Waals surface area contributed by atoms with Crippen molar-refractivity contribution in [1.82, 2.24) is 10.6 Å². The molecule has 0 aliphatic heterocycles. The zero-order valence-electron chi connectivity index (χ0n) is 16.9. The van der Waals surface area contributed by atoms with Crippen LogP contribution in [0, 0.1) is 5.92 Å². The van der Waals surface area contributed by atoms with Crippen molar-refractivity contribution in [3.05, 3.63) is 0 Å². The molecule has 26 heavy (non-hydrogen) atoms. The Morgan fingerprint density at radius 1 is 0.962 bits per heavy atom. The van der Waals surface area contributed by atoms with Gasteiger partial charge in [0.05, 0.1) is 58.4 Å². The summed E-state index contributed by atoms with van der Waals surface area (Å²) in [6.07, 6.45) is -1.29. The highest BCUT2D eigenvalue weighted by Crippen LogP contribution is 2.17. The van der Waals surface area contributed by atoms with Crippen LogP contribution in [0.3, 0.4) is 0 Å². The Balaban J connectivity index is 3.59. The molecule has 0 aliphatic rings. The number of rotatable bonds is 17. The minimum absolute atomic E-state index is 0.0604. The predicted molar refractivity (Wildman–Crippen MR) is 99.2 cm³/mol. The number of hydrogen-bond donors (Lipinski definition) is 2. The molecule has 0 radical (unpaired) electrons. The lowest BCUT2D eigenvalue weighted by Crippen LogP contribution is -2.45. The first kappa shape index (κ1) is 25.2. The summed E-state index contributed by atoms with van der Waals surface area (Å²) in [7, 11) is 1.88. The lowest BCUT2D eigenvalue weighted by atomic mass is 10.0. The lowest BCUT2D eigenvalue weighted by Gasteiger charge is -2.29. The summed E-state index contributed by atoms with van der Waals surface area (Å²) in [5.74, 6) is -0.332. The van der Waals surface area contributed by atoms with Crippen molar-refractivity contribution in [3.8, 4) is 0 Å². The van der Waals surface area contributed by atoms with E-state index in [1.165, 1.54) is 0 Å². The Kier molecular flexibility index (Phi) is 14.8. The largest absolute Gasteiger partial charge is 0.378 e. The van der Waals surface area contributed by atoms with Gasteiger partial charge in [-0.15, -0.1) is 0 Å². The molecule has 8 heteroatoms. The number of likely N-dealkylation sites (N-methyl/N-ethyl adjacent to an activating group) is 1. The molecule has 7 nitrogen and oxygen atoms in total. The Labute approximate surface area is 157 Å². The van der Waals surface area contributed by atoms with E-state index in [0.29, 0.717) is 39.6 Å². The number of carbonyl (C=O) groups excluding carboxylic acids is 1. The summed E-state index contributed by atoms with van der Waals surface area (Å²) in [6.45, 7) is 10.9. The van der Waals surface area contributed by atoms with Crippen LogP contribution < -0.4 is 10.6 Å². The van der Waals surface area contributed by atoms with Crippen molar-refractivity contribution in [3.63, 3.8) is 0 Å². The maximum atomic E-state index is 14.2. The highest BCUT2D eigenvalue weighted by atomic mass is 19.1. The second kappa shape index (κ2) is 15.3. The molecular weight excluding hydrogens is 343 g/mol. The SMILES string of the molecule is CNCCOCCOCCOCCOC(C)(C)C(F)CNC(=O)C(C)C. The zero-order valence-corrected chi connectivity index (χ0v) is 16.9. The monoisotopic (exact) mass is 380 g/mol. The van der Waals surface area contributed by atoms with Gasteiger partial charge in [0.1, 0.15) is 6.17 Å². The topological polar surface area (TPSA) is 78.1 Å². The van der Waals surface area contributed by atoms with Gasteiger partial charge in [-0.25, -0.2) is 4.39 Å². The fraction of sp³-hybridized carbons (Fsp3) is 0.944. The van der Waals surface area contributed by atoms with E-state index in [-0.39, 0.29) is 25.0 Å². The third kappa shape index (κ3) is 13.4. The molecule has 0 aromatic rings. The summed E-state index contributed by atoms with van der Waals surface area (Å²) < 4.78 is 35.8. The quantitative estimate of drug-likeness (QED) is 0.369. The van der Waals surface area contributed by atoms with E-state index < -0.39 is 11.8 Å². The van der Waals surface area contributed by atoms with Gasteiger partial charge in [-0.2, -0.15) is 0 Å². The molecule has 1 atom stereocenters. The molecule has 1 unspecified atom stereocenters. The average molecular weight is 381 g/mol. The standard InChI is InChI=1S/C18H37FN2O5/c1-15(2)17(22)21-14-16(19)18(3,4)26-13-12-25-11-10-24-9-8-23-7-6-20-5/h15-16,20H,6-14H2,1-5H3,(H,21,22). The Bertz CT molecular complexity index is 356. The summed E-state index contributed by atoms with van der Waals surface area (Å²) in [5, 5.41) is 5.57. The minimum Gasteiger partial charge on any atom is -0.378 e. The number of ether oxygens (including phenoxy) is 4. The molecule has 2 N–H and O–H groups in total. The van der Waals surface area contributed by atoms with E-state index in [1.807, 2.05) is 7.05 Å². The third-order valence-electron chi connectivity index (χ3n) is 3.68. The maximum absolute atomic E-state index is 14.2. The summed E-state index contributed by atoms with van der Waals surface area (Å²) in [5.41, 5.74) is -0.991. The highest BCUT2D eigenvalue weighted by molar-refractivity contribution is 5.77. The van der Waals surface area contributed by atoms with Crippen LogP contribution >= 0.6 is 0 Å². The smallest absolute Gasteiger partial charge is 0.222 e. The maximum Gasteiger partial charge on any atom is 0.222 e. The van der Waals surface area contributed by atoms with Crippen LogP contribution in [0.5, 0.6) is 0 Å². The van der Waals surface area contributed by atoms with Crippen LogP contribution in [0.25, 0.3) is 0 Å². The van der Waals surface area contributed by atoms with Gasteiger partial charge >= 0.3 is 0 Å². The van der Waals surface area contributed by atoms with Gasteiger partial charge in [0.15, 0.2) is 0 Å². The molecule has 0 aromatic carbocycles. The van der Waals surface area contributed by atoms with Crippen LogP contribution in [0.4, 0.5) is 4.39 Å². The van der Waals surface area contributed by atoms with E-state index in [1.54, 1.807) is 27.7 Å². The fourth-order valence-corrected chi connectivity index (χ4v) is 1.81. The number of nitrogens with one attached hydrogen (secondary N) is 2. The summed E-state index contributed by atoms with van der Waals surface area (Å²) in [4.78, 5) is 11.5. The Morgan fingerprint density at radius 2 is 1.46 bits per heavy atom. The van der Waals surface area contributed by atoms with Crippen molar-refractivity contribution in [2.75, 3.05) is 66.4 Å². The first-order chi connectivity index (χ1) is 12.3. The predicted octanol–water partition coefficient (Wildman–Crippen LogP) is 1.16. The molecule has 0 rings (SSSR count). The van der Waals surface area contributed by atoms with E-state index in [0.717, 1.165) is 6.54 Å². The molecule has 0 bridgehead atoms. The molecule has 0 aromatic heterocycles. The molecule has 0 spiro atoms. The summed E-state index contributed by atoms with van der Waals surface area (Å²) in [6, 6.07) is 0. The van der Waals surface area contributed by atoms with Crippen molar-refractivity contribution in [1.29, 1.82) is 0 Å². The number of alkyl halides is 1. The Hall–Kier alpha value is -0.800. The molecule has 1 amide bonds. The first-order valence-corrected chi connectivity index (χ1v) is 9.24. The van der Waals surface area contributed by atoms with E-state index in [4.69, 9.17) is 18.9 Å². The molecule has 0 aliphatic carbocycles. The zero-order chi connectivity index (χ0) is 19.8. The number of halogens is 1. The number of amides is 1. The molecular formula is C18H37FN2O5. The van der Waals surface area contributed by atoms with Crippen molar-refractivity contribution in [2.24, 2.45) is 5.92 Å². The molecule has 0 heterocycles. The second-order valence-corrected chi connectivity index (χ2v) is 6.76.